The molecule has 0 atom stereocenters. The Morgan fingerprint density at radius 1 is 1.14 bits per heavy atom. The number of para-hydroxylation sites is 1. The van der Waals surface area contributed by atoms with Crippen LogP contribution in [0.25, 0.3) is 5.69 Å². The van der Waals surface area contributed by atoms with E-state index in [1.807, 2.05) is 59.3 Å². The maximum atomic E-state index is 5.37. The van der Waals surface area contributed by atoms with Crippen LogP contribution in [0.2, 0.25) is 0 Å². The quantitative estimate of drug-likeness (QED) is 0.763. The van der Waals surface area contributed by atoms with Gasteiger partial charge in [-0.15, -0.1) is 0 Å². The van der Waals surface area contributed by atoms with E-state index in [0.29, 0.717) is 0 Å². The minimum Gasteiger partial charge on any atom is -0.495 e. The molecule has 0 aliphatic rings. The normalized spacial score (nSPS) is 10.4. The van der Waals surface area contributed by atoms with Crippen molar-refractivity contribution >= 4 is 27.6 Å². The molecule has 0 bridgehead atoms. The van der Waals surface area contributed by atoms with E-state index in [0.717, 1.165) is 27.5 Å². The lowest BCUT2D eigenvalue weighted by Gasteiger charge is -2.13. The highest BCUT2D eigenvalue weighted by Gasteiger charge is 2.09. The van der Waals surface area contributed by atoms with Gasteiger partial charge in [0, 0.05) is 22.6 Å². The van der Waals surface area contributed by atoms with Crippen molar-refractivity contribution in [3.63, 3.8) is 0 Å². The van der Waals surface area contributed by atoms with E-state index in [9.17, 15) is 0 Å². The van der Waals surface area contributed by atoms with E-state index >= 15 is 0 Å². The third-order valence-electron chi connectivity index (χ3n) is 3.08. The molecule has 3 aromatic rings. The highest BCUT2D eigenvalue weighted by Crippen LogP contribution is 2.30. The van der Waals surface area contributed by atoms with Crippen LogP contribution in [0, 0.1) is 0 Å². The van der Waals surface area contributed by atoms with Gasteiger partial charge in [-0.25, -0.2) is 4.98 Å². The van der Waals surface area contributed by atoms with Crippen LogP contribution in [0.15, 0.2) is 65.4 Å². The lowest BCUT2D eigenvalue weighted by atomic mass is 10.3. The molecular weight excluding hydrogens is 330 g/mol. The first-order valence-electron chi connectivity index (χ1n) is 6.47. The van der Waals surface area contributed by atoms with Crippen molar-refractivity contribution in [2.75, 3.05) is 12.4 Å². The third-order valence-corrected chi connectivity index (χ3v) is 3.58. The average molecular weight is 344 g/mol. The van der Waals surface area contributed by atoms with Gasteiger partial charge in [-0.2, -0.15) is 0 Å². The summed E-state index contributed by atoms with van der Waals surface area (Å²) in [6.07, 6.45) is 3.68. The second-order valence-corrected chi connectivity index (χ2v) is 5.34. The number of methoxy groups -OCH3 is 1. The number of rotatable bonds is 4. The highest BCUT2D eigenvalue weighted by molar-refractivity contribution is 9.10. The maximum Gasteiger partial charge on any atom is 0.212 e. The summed E-state index contributed by atoms with van der Waals surface area (Å²) in [5.74, 6) is 1.50. The molecule has 0 unspecified atom stereocenters. The molecule has 21 heavy (non-hydrogen) atoms. The zero-order valence-corrected chi connectivity index (χ0v) is 13.0. The van der Waals surface area contributed by atoms with Gasteiger partial charge in [0.1, 0.15) is 5.75 Å². The van der Waals surface area contributed by atoms with E-state index in [1.165, 1.54) is 0 Å². The molecule has 1 N–H and O–H groups in total. The number of nitrogens with zero attached hydrogens (tertiary/aromatic N) is 2. The van der Waals surface area contributed by atoms with Crippen LogP contribution < -0.4 is 10.1 Å². The van der Waals surface area contributed by atoms with Crippen LogP contribution in [-0.2, 0) is 0 Å². The lowest BCUT2D eigenvalue weighted by Crippen LogP contribution is -2.02. The van der Waals surface area contributed by atoms with Gasteiger partial charge in [0.2, 0.25) is 5.95 Å². The fourth-order valence-electron chi connectivity index (χ4n) is 2.09. The number of anilines is 2. The second kappa shape index (κ2) is 6.01. The molecular formula is C16H14BrN3O. The molecule has 0 amide bonds. The molecule has 1 heterocycles. The summed E-state index contributed by atoms with van der Waals surface area (Å²) in [4.78, 5) is 4.37. The topological polar surface area (TPSA) is 39.1 Å². The molecule has 0 aliphatic heterocycles. The summed E-state index contributed by atoms with van der Waals surface area (Å²) in [6.45, 7) is 0. The Bertz CT molecular complexity index is 740. The number of aromatic nitrogens is 2. The van der Waals surface area contributed by atoms with Crippen molar-refractivity contribution in [2.45, 2.75) is 0 Å². The van der Waals surface area contributed by atoms with Gasteiger partial charge in [0.25, 0.3) is 0 Å². The average Bonchev–Trinajstić information content (AvgIpc) is 2.96. The molecule has 0 fully saturated rings. The number of hydrogen-bond acceptors (Lipinski definition) is 3. The third kappa shape index (κ3) is 2.92. The molecule has 0 spiro atoms. The molecule has 5 heteroatoms. The molecule has 0 saturated carbocycles. The van der Waals surface area contributed by atoms with E-state index in [1.54, 1.807) is 13.3 Å². The Morgan fingerprint density at radius 2 is 1.95 bits per heavy atom. The lowest BCUT2D eigenvalue weighted by molar-refractivity contribution is 0.416. The monoisotopic (exact) mass is 343 g/mol. The summed E-state index contributed by atoms with van der Waals surface area (Å²) in [5, 5.41) is 3.31. The summed E-state index contributed by atoms with van der Waals surface area (Å²) >= 11 is 3.47. The molecule has 106 valence electrons. The minimum atomic E-state index is 0.734. The fourth-order valence-corrected chi connectivity index (χ4v) is 2.45. The van der Waals surface area contributed by atoms with E-state index in [2.05, 4.69) is 26.2 Å². The molecule has 3 rings (SSSR count). The van der Waals surface area contributed by atoms with Crippen LogP contribution in [0.5, 0.6) is 5.75 Å². The Balaban J connectivity index is 1.97. The Kier molecular flexibility index (Phi) is 3.92. The number of hydrogen-bond donors (Lipinski definition) is 1. The highest BCUT2D eigenvalue weighted by atomic mass is 79.9. The molecule has 0 aliphatic carbocycles. The summed E-state index contributed by atoms with van der Waals surface area (Å²) < 4.78 is 8.34. The van der Waals surface area contributed by atoms with Crippen molar-refractivity contribution in [1.29, 1.82) is 0 Å². The van der Waals surface area contributed by atoms with Crippen LogP contribution >= 0.6 is 15.9 Å². The summed E-state index contributed by atoms with van der Waals surface area (Å²) in [7, 11) is 1.65. The molecule has 0 radical (unpaired) electrons. The van der Waals surface area contributed by atoms with E-state index in [4.69, 9.17) is 4.74 Å². The minimum absolute atomic E-state index is 0.734. The summed E-state index contributed by atoms with van der Waals surface area (Å²) in [5.41, 5.74) is 1.90. The number of ether oxygens (including phenoxy) is 1. The first-order valence-corrected chi connectivity index (χ1v) is 7.26. The summed E-state index contributed by atoms with van der Waals surface area (Å²) in [6, 6.07) is 15.9. The standard InChI is InChI=1S/C16H14BrN3O/c1-21-15-8-7-12(17)11-14(15)19-16-18-9-10-20(16)13-5-3-2-4-6-13/h2-11H,1H3,(H,18,19). The molecule has 0 saturated heterocycles. The fraction of sp³-hybridized carbons (Fsp3) is 0.0625. The van der Waals surface area contributed by atoms with Crippen LogP contribution in [0.3, 0.4) is 0 Å². The van der Waals surface area contributed by atoms with E-state index in [-0.39, 0.29) is 0 Å². The number of imidazole rings is 1. The van der Waals surface area contributed by atoms with Crippen molar-refractivity contribution in [3.05, 3.63) is 65.4 Å². The van der Waals surface area contributed by atoms with Gasteiger partial charge in [-0.3, -0.25) is 4.57 Å². The van der Waals surface area contributed by atoms with Gasteiger partial charge < -0.3 is 10.1 Å². The van der Waals surface area contributed by atoms with Crippen molar-refractivity contribution in [1.82, 2.24) is 9.55 Å². The maximum absolute atomic E-state index is 5.37. The second-order valence-electron chi connectivity index (χ2n) is 4.43. The van der Waals surface area contributed by atoms with Crippen LogP contribution in [0.4, 0.5) is 11.6 Å². The van der Waals surface area contributed by atoms with Crippen molar-refractivity contribution in [3.8, 4) is 11.4 Å². The number of benzene rings is 2. The predicted molar refractivity (Wildman–Crippen MR) is 87.5 cm³/mol. The van der Waals surface area contributed by atoms with E-state index < -0.39 is 0 Å². The molecule has 2 aromatic carbocycles. The van der Waals surface area contributed by atoms with Gasteiger partial charge in [-0.05, 0) is 30.3 Å². The molecule has 1 aromatic heterocycles. The molecule has 4 nitrogen and oxygen atoms in total. The van der Waals surface area contributed by atoms with Crippen LogP contribution in [-0.4, -0.2) is 16.7 Å². The smallest absolute Gasteiger partial charge is 0.212 e. The largest absolute Gasteiger partial charge is 0.495 e. The number of nitrogens with one attached hydrogen (secondary N) is 1. The zero-order valence-electron chi connectivity index (χ0n) is 11.5. The Hall–Kier alpha value is -2.27. The van der Waals surface area contributed by atoms with Gasteiger partial charge >= 0.3 is 0 Å². The van der Waals surface area contributed by atoms with Gasteiger partial charge in [-0.1, -0.05) is 34.1 Å². The number of halogens is 1. The Morgan fingerprint density at radius 3 is 2.71 bits per heavy atom. The Labute approximate surface area is 131 Å². The van der Waals surface area contributed by atoms with Crippen LogP contribution in [0.1, 0.15) is 0 Å². The zero-order chi connectivity index (χ0) is 14.7. The van der Waals surface area contributed by atoms with Crippen molar-refractivity contribution in [2.24, 2.45) is 0 Å². The first kappa shape index (κ1) is 13.7. The van der Waals surface area contributed by atoms with Gasteiger partial charge in [0.05, 0.1) is 12.8 Å². The first-order chi connectivity index (χ1) is 10.3. The predicted octanol–water partition coefficient (Wildman–Crippen LogP) is 4.39. The van der Waals surface area contributed by atoms with Gasteiger partial charge in [0.15, 0.2) is 0 Å². The van der Waals surface area contributed by atoms with Crippen molar-refractivity contribution < 1.29 is 4.74 Å². The SMILES string of the molecule is COc1ccc(Br)cc1Nc1nccn1-c1ccccc1.